The second-order valence-corrected chi connectivity index (χ2v) is 5.46. The van der Waals surface area contributed by atoms with Crippen LogP contribution >= 0.6 is 15.9 Å². The second kappa shape index (κ2) is 4.90. The number of phenols is 1. The van der Waals surface area contributed by atoms with E-state index in [2.05, 4.69) is 26.1 Å². The van der Waals surface area contributed by atoms with Crippen molar-refractivity contribution in [2.75, 3.05) is 0 Å². The van der Waals surface area contributed by atoms with Crippen LogP contribution in [0.3, 0.4) is 0 Å². The average Bonchev–Trinajstić information content (AvgIpc) is 2.84. The van der Waals surface area contributed by atoms with Crippen LogP contribution in [-0.4, -0.2) is 20.1 Å². The monoisotopic (exact) mass is 331 g/mol. The minimum Gasteiger partial charge on any atom is -0.505 e. The second-order valence-electron chi connectivity index (χ2n) is 4.90. The number of phenolic OH excluding ortho intramolecular Hbond substituents is 1. The molecule has 0 atom stereocenters. The summed E-state index contributed by atoms with van der Waals surface area (Å²) in [5.74, 6) is 0.215. The number of hydrogen-bond donors (Lipinski definition) is 1. The van der Waals surface area contributed by atoms with E-state index in [1.807, 2.05) is 44.2 Å². The van der Waals surface area contributed by atoms with E-state index in [0.717, 1.165) is 33.1 Å². The van der Waals surface area contributed by atoms with Crippen molar-refractivity contribution < 1.29 is 5.11 Å². The smallest absolute Gasteiger partial charge is 0.146 e. The van der Waals surface area contributed by atoms with E-state index in [0.29, 0.717) is 5.69 Å². The summed E-state index contributed by atoms with van der Waals surface area (Å²) in [7, 11) is 0. The SMILES string of the molecule is Cc1ccc2nn(-c3cc(CBr)cc(C)c3O)nc2c1. The number of alkyl halides is 1. The molecule has 0 fully saturated rings. The van der Waals surface area contributed by atoms with E-state index in [1.54, 1.807) is 0 Å². The Morgan fingerprint density at radius 1 is 1.10 bits per heavy atom. The fourth-order valence-electron chi connectivity index (χ4n) is 2.20. The Hall–Kier alpha value is -1.88. The van der Waals surface area contributed by atoms with Crippen molar-refractivity contribution in [3.8, 4) is 11.4 Å². The Morgan fingerprint density at radius 2 is 1.85 bits per heavy atom. The molecule has 2 aromatic carbocycles. The first kappa shape index (κ1) is 13.1. The van der Waals surface area contributed by atoms with Crippen LogP contribution in [0.2, 0.25) is 0 Å². The van der Waals surface area contributed by atoms with Crippen molar-refractivity contribution >= 4 is 27.0 Å². The van der Waals surface area contributed by atoms with Crippen LogP contribution in [0, 0.1) is 13.8 Å². The fraction of sp³-hybridized carbons (Fsp3) is 0.200. The van der Waals surface area contributed by atoms with Crippen molar-refractivity contribution in [1.82, 2.24) is 15.0 Å². The minimum atomic E-state index is 0.215. The largest absolute Gasteiger partial charge is 0.505 e. The molecule has 1 heterocycles. The fourth-order valence-corrected chi connectivity index (χ4v) is 2.52. The molecule has 3 rings (SSSR count). The summed E-state index contributed by atoms with van der Waals surface area (Å²) in [4.78, 5) is 1.50. The highest BCUT2D eigenvalue weighted by Crippen LogP contribution is 2.28. The van der Waals surface area contributed by atoms with Gasteiger partial charge in [-0.05, 0) is 48.7 Å². The van der Waals surface area contributed by atoms with Gasteiger partial charge in [-0.25, -0.2) is 0 Å². The van der Waals surface area contributed by atoms with Crippen LogP contribution in [0.1, 0.15) is 16.7 Å². The Kier molecular flexibility index (Phi) is 3.22. The van der Waals surface area contributed by atoms with Gasteiger partial charge in [0.2, 0.25) is 0 Å². The molecule has 0 saturated carbocycles. The van der Waals surface area contributed by atoms with Crippen LogP contribution in [0.5, 0.6) is 5.75 Å². The van der Waals surface area contributed by atoms with Crippen molar-refractivity contribution in [1.29, 1.82) is 0 Å². The maximum absolute atomic E-state index is 10.2. The minimum absolute atomic E-state index is 0.215. The maximum Gasteiger partial charge on any atom is 0.146 e. The van der Waals surface area contributed by atoms with Gasteiger partial charge in [0, 0.05) is 5.33 Å². The summed E-state index contributed by atoms with van der Waals surface area (Å²) in [6.45, 7) is 3.89. The predicted molar refractivity (Wildman–Crippen MR) is 82.6 cm³/mol. The third-order valence-corrected chi connectivity index (χ3v) is 3.89. The summed E-state index contributed by atoms with van der Waals surface area (Å²) in [5.41, 5.74) is 5.28. The Bertz CT molecular complexity index is 795. The van der Waals surface area contributed by atoms with Gasteiger partial charge in [0.15, 0.2) is 0 Å². The molecule has 102 valence electrons. The molecule has 0 unspecified atom stereocenters. The van der Waals surface area contributed by atoms with Crippen LogP contribution < -0.4 is 0 Å². The molecule has 20 heavy (non-hydrogen) atoms. The highest BCUT2D eigenvalue weighted by atomic mass is 79.9. The number of benzene rings is 2. The Balaban J connectivity index is 2.22. The zero-order chi connectivity index (χ0) is 14.3. The van der Waals surface area contributed by atoms with E-state index in [1.165, 1.54) is 4.80 Å². The van der Waals surface area contributed by atoms with Gasteiger partial charge in [-0.2, -0.15) is 0 Å². The number of rotatable bonds is 2. The quantitative estimate of drug-likeness (QED) is 0.729. The molecule has 0 aliphatic heterocycles. The normalized spacial score (nSPS) is 11.2. The van der Waals surface area contributed by atoms with Gasteiger partial charge in [-0.3, -0.25) is 0 Å². The number of fused-ring (bicyclic) bond motifs is 1. The first-order chi connectivity index (χ1) is 9.58. The average molecular weight is 332 g/mol. The first-order valence-corrected chi connectivity index (χ1v) is 7.43. The van der Waals surface area contributed by atoms with E-state index >= 15 is 0 Å². The lowest BCUT2D eigenvalue weighted by Gasteiger charge is -2.08. The van der Waals surface area contributed by atoms with Gasteiger partial charge in [-0.1, -0.05) is 28.1 Å². The molecular formula is C15H14BrN3O. The number of hydrogen-bond acceptors (Lipinski definition) is 3. The van der Waals surface area contributed by atoms with Crippen LogP contribution in [0.15, 0.2) is 30.3 Å². The van der Waals surface area contributed by atoms with E-state index in [-0.39, 0.29) is 5.75 Å². The van der Waals surface area contributed by atoms with Crippen molar-refractivity contribution in [2.24, 2.45) is 0 Å². The molecule has 0 saturated heterocycles. The topological polar surface area (TPSA) is 50.9 Å². The van der Waals surface area contributed by atoms with Gasteiger partial charge in [0.05, 0.1) is 0 Å². The maximum atomic E-state index is 10.2. The first-order valence-electron chi connectivity index (χ1n) is 6.31. The molecule has 3 aromatic rings. The third-order valence-electron chi connectivity index (χ3n) is 3.25. The lowest BCUT2D eigenvalue weighted by atomic mass is 10.1. The van der Waals surface area contributed by atoms with E-state index in [4.69, 9.17) is 0 Å². The molecule has 1 N–H and O–H groups in total. The molecule has 0 amide bonds. The van der Waals surface area contributed by atoms with Crippen LogP contribution in [0.4, 0.5) is 0 Å². The van der Waals surface area contributed by atoms with Crippen molar-refractivity contribution in [3.05, 3.63) is 47.0 Å². The van der Waals surface area contributed by atoms with Crippen LogP contribution in [0.25, 0.3) is 16.7 Å². The highest BCUT2D eigenvalue weighted by molar-refractivity contribution is 9.08. The Labute approximate surface area is 125 Å². The lowest BCUT2D eigenvalue weighted by Crippen LogP contribution is -2.01. The van der Waals surface area contributed by atoms with E-state index < -0.39 is 0 Å². The molecule has 0 spiro atoms. The highest BCUT2D eigenvalue weighted by Gasteiger charge is 2.12. The zero-order valence-corrected chi connectivity index (χ0v) is 12.8. The number of aromatic nitrogens is 3. The molecule has 0 bridgehead atoms. The molecular weight excluding hydrogens is 318 g/mol. The zero-order valence-electron chi connectivity index (χ0n) is 11.3. The predicted octanol–water partition coefficient (Wildman–Crippen LogP) is 3.64. The standard InChI is InChI=1S/C15H14BrN3O/c1-9-3-4-12-13(5-9)18-19(17-12)14-7-11(8-16)6-10(2)15(14)20/h3-7,20H,8H2,1-2H3. The van der Waals surface area contributed by atoms with Crippen LogP contribution in [-0.2, 0) is 5.33 Å². The van der Waals surface area contributed by atoms with Crippen molar-refractivity contribution in [3.63, 3.8) is 0 Å². The lowest BCUT2D eigenvalue weighted by molar-refractivity contribution is 0.463. The van der Waals surface area contributed by atoms with Gasteiger partial charge in [-0.15, -0.1) is 15.0 Å². The summed E-state index contributed by atoms with van der Waals surface area (Å²) < 4.78 is 0. The van der Waals surface area contributed by atoms with Gasteiger partial charge < -0.3 is 5.11 Å². The molecule has 1 aromatic heterocycles. The summed E-state index contributed by atoms with van der Waals surface area (Å²) in [6, 6.07) is 9.76. The van der Waals surface area contributed by atoms with Gasteiger partial charge in [0.1, 0.15) is 22.5 Å². The van der Waals surface area contributed by atoms with Gasteiger partial charge >= 0.3 is 0 Å². The summed E-state index contributed by atoms with van der Waals surface area (Å²) in [5, 5.41) is 19.8. The number of halogens is 1. The summed E-state index contributed by atoms with van der Waals surface area (Å²) >= 11 is 3.44. The van der Waals surface area contributed by atoms with Gasteiger partial charge in [0.25, 0.3) is 0 Å². The molecule has 0 aliphatic carbocycles. The molecule has 0 radical (unpaired) electrons. The van der Waals surface area contributed by atoms with Crippen molar-refractivity contribution in [2.45, 2.75) is 19.2 Å². The number of nitrogens with zero attached hydrogens (tertiary/aromatic N) is 3. The van der Waals surface area contributed by atoms with E-state index in [9.17, 15) is 5.11 Å². The molecule has 0 aliphatic rings. The summed E-state index contributed by atoms with van der Waals surface area (Å²) in [6.07, 6.45) is 0. The number of aryl methyl sites for hydroxylation is 2. The molecule has 5 heteroatoms. The number of aromatic hydroxyl groups is 1. The molecule has 4 nitrogen and oxygen atoms in total. The Morgan fingerprint density at radius 3 is 2.60 bits per heavy atom. The third kappa shape index (κ3) is 2.18.